The lowest BCUT2D eigenvalue weighted by Gasteiger charge is -2.10. The van der Waals surface area contributed by atoms with Crippen LogP contribution in [0.3, 0.4) is 0 Å². The Labute approximate surface area is 121 Å². The number of aryl methyl sites for hydroxylation is 2. The van der Waals surface area contributed by atoms with Crippen molar-refractivity contribution in [2.45, 2.75) is 18.7 Å². The Morgan fingerprint density at radius 2 is 1.89 bits per heavy atom. The van der Waals surface area contributed by atoms with Gasteiger partial charge in [0.05, 0.1) is 15.1 Å². The minimum atomic E-state index is -3.58. The highest BCUT2D eigenvalue weighted by molar-refractivity contribution is 9.10. The molecule has 2 aromatic rings. The smallest absolute Gasteiger partial charge is 0.261 e. The molecule has 0 bridgehead atoms. The zero-order valence-corrected chi connectivity index (χ0v) is 12.9. The van der Waals surface area contributed by atoms with Gasteiger partial charge in [0.2, 0.25) is 0 Å². The Morgan fingerprint density at radius 3 is 2.53 bits per heavy atom. The minimum absolute atomic E-state index is 0.249. The molecular weight excluding hydrogens is 328 g/mol. The lowest BCUT2D eigenvalue weighted by atomic mass is 10.1. The Bertz CT molecular complexity index is 714. The second-order valence-electron chi connectivity index (χ2n) is 4.21. The molecule has 0 unspecified atom stereocenters. The van der Waals surface area contributed by atoms with Crippen LogP contribution in [0.1, 0.15) is 11.1 Å². The standard InChI is InChI=1S/C13H13BrN2O2S/c1-9-3-4-11(7-10(9)2)19(17,18)16-13-5-6-15-8-12(13)14/h3-8H,1-2H3,(H,15,16). The number of hydrogen-bond donors (Lipinski definition) is 1. The summed E-state index contributed by atoms with van der Waals surface area (Å²) in [5, 5.41) is 0. The van der Waals surface area contributed by atoms with Crippen LogP contribution in [-0.2, 0) is 10.0 Å². The van der Waals surface area contributed by atoms with E-state index in [9.17, 15) is 8.42 Å². The van der Waals surface area contributed by atoms with Crippen molar-refractivity contribution >= 4 is 31.6 Å². The molecule has 0 atom stereocenters. The molecule has 0 saturated heterocycles. The van der Waals surface area contributed by atoms with E-state index in [1.807, 2.05) is 13.8 Å². The lowest BCUT2D eigenvalue weighted by molar-refractivity contribution is 0.601. The van der Waals surface area contributed by atoms with Crippen LogP contribution in [-0.4, -0.2) is 13.4 Å². The third-order valence-electron chi connectivity index (χ3n) is 2.81. The minimum Gasteiger partial charge on any atom is -0.278 e. The predicted molar refractivity (Wildman–Crippen MR) is 78.7 cm³/mol. The van der Waals surface area contributed by atoms with Crippen molar-refractivity contribution in [2.24, 2.45) is 0 Å². The number of nitrogens with zero attached hydrogens (tertiary/aromatic N) is 1. The van der Waals surface area contributed by atoms with Gasteiger partial charge in [-0.15, -0.1) is 0 Å². The van der Waals surface area contributed by atoms with Crippen LogP contribution in [0, 0.1) is 13.8 Å². The molecule has 2 rings (SSSR count). The van der Waals surface area contributed by atoms with Gasteiger partial charge in [0.25, 0.3) is 10.0 Å². The van der Waals surface area contributed by atoms with Gasteiger partial charge in [-0.05, 0) is 59.1 Å². The summed E-state index contributed by atoms with van der Waals surface area (Å²) in [6.07, 6.45) is 3.07. The Morgan fingerprint density at radius 1 is 1.16 bits per heavy atom. The van der Waals surface area contributed by atoms with Crippen LogP contribution in [0.15, 0.2) is 46.0 Å². The highest BCUT2D eigenvalue weighted by Gasteiger charge is 2.16. The molecule has 0 amide bonds. The van der Waals surface area contributed by atoms with Crippen molar-refractivity contribution in [2.75, 3.05) is 4.72 Å². The first-order chi connectivity index (χ1) is 8.90. The molecule has 100 valence electrons. The molecule has 0 aliphatic heterocycles. The van der Waals surface area contributed by atoms with Crippen LogP contribution in [0.5, 0.6) is 0 Å². The first-order valence-electron chi connectivity index (χ1n) is 5.60. The molecule has 1 aromatic carbocycles. The van der Waals surface area contributed by atoms with Crippen LogP contribution >= 0.6 is 15.9 Å². The van der Waals surface area contributed by atoms with Gasteiger partial charge >= 0.3 is 0 Å². The molecule has 1 N–H and O–H groups in total. The van der Waals surface area contributed by atoms with Crippen LogP contribution in [0.2, 0.25) is 0 Å². The number of nitrogens with one attached hydrogen (secondary N) is 1. The SMILES string of the molecule is Cc1ccc(S(=O)(=O)Nc2ccncc2Br)cc1C. The Hall–Kier alpha value is -1.40. The average molecular weight is 341 g/mol. The third-order valence-corrected chi connectivity index (χ3v) is 4.80. The normalized spacial score (nSPS) is 11.3. The predicted octanol–water partition coefficient (Wildman–Crippen LogP) is 3.26. The van der Waals surface area contributed by atoms with Gasteiger partial charge < -0.3 is 0 Å². The molecule has 19 heavy (non-hydrogen) atoms. The first kappa shape index (κ1) is 14.0. The summed E-state index contributed by atoms with van der Waals surface area (Å²) in [6.45, 7) is 3.83. The second-order valence-corrected chi connectivity index (χ2v) is 6.74. The van der Waals surface area contributed by atoms with Crippen molar-refractivity contribution in [3.8, 4) is 0 Å². The van der Waals surface area contributed by atoms with E-state index < -0.39 is 10.0 Å². The van der Waals surface area contributed by atoms with E-state index in [1.54, 1.807) is 24.3 Å². The van der Waals surface area contributed by atoms with Crippen molar-refractivity contribution in [1.82, 2.24) is 4.98 Å². The van der Waals surface area contributed by atoms with E-state index in [2.05, 4.69) is 25.6 Å². The van der Waals surface area contributed by atoms with E-state index in [4.69, 9.17) is 0 Å². The number of anilines is 1. The molecule has 0 saturated carbocycles. The molecule has 6 heteroatoms. The summed E-state index contributed by atoms with van der Waals surface area (Å²) in [4.78, 5) is 4.14. The molecule has 1 aromatic heterocycles. The number of benzene rings is 1. The summed E-state index contributed by atoms with van der Waals surface area (Å²) in [7, 11) is -3.58. The molecular formula is C13H13BrN2O2S. The number of hydrogen-bond acceptors (Lipinski definition) is 3. The van der Waals surface area contributed by atoms with Gasteiger partial charge in [-0.3, -0.25) is 9.71 Å². The number of sulfonamides is 1. The van der Waals surface area contributed by atoms with Gasteiger partial charge in [-0.1, -0.05) is 6.07 Å². The van der Waals surface area contributed by atoms with Crippen molar-refractivity contribution in [1.29, 1.82) is 0 Å². The van der Waals surface area contributed by atoms with E-state index in [1.165, 1.54) is 12.4 Å². The summed E-state index contributed by atoms with van der Waals surface area (Å²) in [6, 6.07) is 6.65. The highest BCUT2D eigenvalue weighted by atomic mass is 79.9. The second kappa shape index (κ2) is 5.30. The molecule has 0 fully saturated rings. The summed E-state index contributed by atoms with van der Waals surface area (Å²) < 4.78 is 27.7. The van der Waals surface area contributed by atoms with Crippen molar-refractivity contribution in [3.05, 3.63) is 52.3 Å². The van der Waals surface area contributed by atoms with E-state index in [0.717, 1.165) is 11.1 Å². The largest absolute Gasteiger partial charge is 0.278 e. The molecule has 0 spiro atoms. The van der Waals surface area contributed by atoms with E-state index in [-0.39, 0.29) is 4.90 Å². The monoisotopic (exact) mass is 340 g/mol. The van der Waals surface area contributed by atoms with Gasteiger partial charge in [-0.2, -0.15) is 0 Å². The zero-order valence-electron chi connectivity index (χ0n) is 10.5. The zero-order chi connectivity index (χ0) is 14.0. The van der Waals surface area contributed by atoms with Gasteiger partial charge in [-0.25, -0.2) is 8.42 Å². The van der Waals surface area contributed by atoms with E-state index >= 15 is 0 Å². The fourth-order valence-electron chi connectivity index (χ4n) is 1.54. The summed E-state index contributed by atoms with van der Waals surface area (Å²) >= 11 is 3.26. The van der Waals surface area contributed by atoms with Crippen molar-refractivity contribution in [3.63, 3.8) is 0 Å². The van der Waals surface area contributed by atoms with Gasteiger partial charge in [0.1, 0.15) is 0 Å². The highest BCUT2D eigenvalue weighted by Crippen LogP contribution is 2.24. The molecule has 4 nitrogen and oxygen atoms in total. The maximum absolute atomic E-state index is 12.3. The summed E-state index contributed by atoms with van der Waals surface area (Å²) in [5.74, 6) is 0. The maximum atomic E-state index is 12.3. The Balaban J connectivity index is 2.38. The fourth-order valence-corrected chi connectivity index (χ4v) is 3.19. The van der Waals surface area contributed by atoms with Gasteiger partial charge in [0.15, 0.2) is 0 Å². The summed E-state index contributed by atoms with van der Waals surface area (Å²) in [5.41, 5.74) is 2.47. The third kappa shape index (κ3) is 3.13. The van der Waals surface area contributed by atoms with Crippen molar-refractivity contribution < 1.29 is 8.42 Å². The fraction of sp³-hybridized carbons (Fsp3) is 0.154. The first-order valence-corrected chi connectivity index (χ1v) is 7.87. The number of rotatable bonds is 3. The van der Waals surface area contributed by atoms with Crippen LogP contribution < -0.4 is 4.72 Å². The number of aromatic nitrogens is 1. The Kier molecular flexibility index (Phi) is 3.91. The van der Waals surface area contributed by atoms with E-state index in [0.29, 0.717) is 10.2 Å². The molecule has 0 aliphatic rings. The quantitative estimate of drug-likeness (QED) is 0.932. The van der Waals surface area contributed by atoms with Crippen LogP contribution in [0.4, 0.5) is 5.69 Å². The average Bonchev–Trinajstić information content (AvgIpc) is 2.35. The topological polar surface area (TPSA) is 59.1 Å². The maximum Gasteiger partial charge on any atom is 0.261 e. The lowest BCUT2D eigenvalue weighted by Crippen LogP contribution is -2.13. The molecule has 0 radical (unpaired) electrons. The van der Waals surface area contributed by atoms with Gasteiger partial charge in [0, 0.05) is 12.4 Å². The number of pyridine rings is 1. The number of halogens is 1. The molecule has 0 aliphatic carbocycles. The van der Waals surface area contributed by atoms with Crippen LogP contribution in [0.25, 0.3) is 0 Å². The molecule has 1 heterocycles.